The number of furan rings is 1. The van der Waals surface area contributed by atoms with E-state index in [2.05, 4.69) is 22.4 Å². The van der Waals surface area contributed by atoms with Crippen molar-refractivity contribution in [2.24, 2.45) is 5.92 Å². The molecule has 0 aromatic carbocycles. The lowest BCUT2D eigenvalue weighted by molar-refractivity contribution is -0.121. The van der Waals surface area contributed by atoms with Crippen molar-refractivity contribution < 1.29 is 9.21 Å². The monoisotopic (exact) mass is 324 g/mol. The summed E-state index contributed by atoms with van der Waals surface area (Å²) in [6, 6.07) is 9.74. The molecule has 1 aliphatic carbocycles. The lowest BCUT2D eigenvalue weighted by atomic mass is 10.2. The van der Waals surface area contributed by atoms with E-state index in [0.717, 1.165) is 28.9 Å². The van der Waals surface area contributed by atoms with Gasteiger partial charge in [0.05, 0.1) is 6.54 Å². The number of carbonyl (C=O) groups is 1. The Morgan fingerprint density at radius 1 is 1.33 bits per heavy atom. The van der Waals surface area contributed by atoms with Gasteiger partial charge in [0, 0.05) is 25.0 Å². The molecule has 6 heteroatoms. The second kappa shape index (κ2) is 6.11. The second-order valence-electron chi connectivity index (χ2n) is 6.45. The average Bonchev–Trinajstić information content (AvgIpc) is 3.02. The van der Waals surface area contributed by atoms with Crippen molar-refractivity contribution in [3.05, 3.63) is 53.9 Å². The molecule has 3 heterocycles. The molecular weight excluding hydrogens is 304 g/mol. The summed E-state index contributed by atoms with van der Waals surface area (Å²) in [6.45, 7) is 2.60. The zero-order chi connectivity index (χ0) is 16.5. The fourth-order valence-corrected chi connectivity index (χ4v) is 2.96. The molecule has 0 unspecified atom stereocenters. The van der Waals surface area contributed by atoms with Crippen LogP contribution in [0.25, 0.3) is 5.65 Å². The fourth-order valence-electron chi connectivity index (χ4n) is 2.96. The molecule has 1 aliphatic rings. The van der Waals surface area contributed by atoms with Crippen molar-refractivity contribution in [2.45, 2.75) is 38.6 Å². The zero-order valence-electron chi connectivity index (χ0n) is 13.6. The molecule has 0 radical (unpaired) electrons. The van der Waals surface area contributed by atoms with Crippen LogP contribution < -0.4 is 5.32 Å². The second-order valence-corrected chi connectivity index (χ2v) is 6.45. The van der Waals surface area contributed by atoms with Gasteiger partial charge in [0.2, 0.25) is 5.91 Å². The van der Waals surface area contributed by atoms with Crippen LogP contribution in [0.2, 0.25) is 0 Å². The first-order valence-electron chi connectivity index (χ1n) is 8.34. The van der Waals surface area contributed by atoms with Crippen molar-refractivity contribution in [1.29, 1.82) is 0 Å². The fraction of sp³-hybridized carbons (Fsp3) is 0.389. The van der Waals surface area contributed by atoms with E-state index in [1.54, 1.807) is 0 Å². The van der Waals surface area contributed by atoms with Crippen LogP contribution in [0.3, 0.4) is 0 Å². The minimum Gasteiger partial charge on any atom is -0.466 e. The van der Waals surface area contributed by atoms with E-state index in [4.69, 9.17) is 4.42 Å². The van der Waals surface area contributed by atoms with Crippen LogP contribution in [0, 0.1) is 5.92 Å². The van der Waals surface area contributed by atoms with E-state index in [9.17, 15) is 4.79 Å². The number of amides is 1. The number of hydrogen-bond acceptors (Lipinski definition) is 4. The summed E-state index contributed by atoms with van der Waals surface area (Å²) >= 11 is 0. The van der Waals surface area contributed by atoms with Crippen molar-refractivity contribution in [2.75, 3.05) is 0 Å². The first kappa shape index (κ1) is 14.9. The van der Waals surface area contributed by atoms with Crippen LogP contribution in [0.1, 0.15) is 43.0 Å². The quantitative estimate of drug-likeness (QED) is 0.756. The van der Waals surface area contributed by atoms with Crippen LogP contribution >= 0.6 is 0 Å². The van der Waals surface area contributed by atoms with Crippen LogP contribution in [-0.2, 0) is 17.8 Å². The average molecular weight is 324 g/mol. The summed E-state index contributed by atoms with van der Waals surface area (Å²) in [7, 11) is 0. The number of rotatable bonds is 6. The lowest BCUT2D eigenvalue weighted by Crippen LogP contribution is -2.24. The number of aryl methyl sites for hydroxylation is 1. The van der Waals surface area contributed by atoms with Crippen LogP contribution in [0.5, 0.6) is 0 Å². The van der Waals surface area contributed by atoms with Crippen molar-refractivity contribution in [1.82, 2.24) is 19.9 Å². The van der Waals surface area contributed by atoms with E-state index >= 15 is 0 Å². The normalized spacial score (nSPS) is 19.5. The highest BCUT2D eigenvalue weighted by atomic mass is 16.3. The Kier molecular flexibility index (Phi) is 3.80. The van der Waals surface area contributed by atoms with E-state index in [-0.39, 0.29) is 5.91 Å². The third-order valence-electron chi connectivity index (χ3n) is 4.58. The first-order valence-corrected chi connectivity index (χ1v) is 8.34. The number of carbonyl (C=O) groups excluding carboxylic acids is 1. The Morgan fingerprint density at radius 3 is 3.04 bits per heavy atom. The van der Waals surface area contributed by atoms with Gasteiger partial charge in [-0.1, -0.05) is 13.0 Å². The third-order valence-corrected chi connectivity index (χ3v) is 4.58. The Bertz CT molecular complexity index is 867. The van der Waals surface area contributed by atoms with Gasteiger partial charge in [0.25, 0.3) is 0 Å². The van der Waals surface area contributed by atoms with Crippen molar-refractivity contribution in [3.8, 4) is 0 Å². The molecule has 124 valence electrons. The molecule has 1 saturated carbocycles. The summed E-state index contributed by atoms with van der Waals surface area (Å²) < 4.78 is 7.70. The van der Waals surface area contributed by atoms with E-state index in [1.807, 2.05) is 40.9 Å². The summed E-state index contributed by atoms with van der Waals surface area (Å²) in [6.07, 6.45) is 4.12. The number of fused-ring (bicyclic) bond motifs is 1. The SMILES string of the molecule is C[C@H]1C[C@H]1c1ccc(CCC(=O)NCc2nnc3ccccn23)o1. The molecule has 1 fully saturated rings. The largest absolute Gasteiger partial charge is 0.466 e. The Hall–Kier alpha value is -2.63. The smallest absolute Gasteiger partial charge is 0.220 e. The van der Waals surface area contributed by atoms with Crippen LogP contribution in [0.4, 0.5) is 0 Å². The van der Waals surface area contributed by atoms with Crippen molar-refractivity contribution >= 4 is 11.6 Å². The highest BCUT2D eigenvalue weighted by Gasteiger charge is 2.36. The van der Waals surface area contributed by atoms with E-state index in [1.165, 1.54) is 6.42 Å². The number of nitrogens with one attached hydrogen (secondary N) is 1. The topological polar surface area (TPSA) is 72.4 Å². The molecule has 4 rings (SSSR count). The van der Waals surface area contributed by atoms with Gasteiger partial charge in [-0.15, -0.1) is 10.2 Å². The summed E-state index contributed by atoms with van der Waals surface area (Å²) in [5.74, 6) is 3.96. The number of hydrogen-bond donors (Lipinski definition) is 1. The molecule has 0 saturated heterocycles. The summed E-state index contributed by atoms with van der Waals surface area (Å²) in [4.78, 5) is 12.0. The molecule has 1 amide bonds. The van der Waals surface area contributed by atoms with Crippen molar-refractivity contribution in [3.63, 3.8) is 0 Å². The highest BCUT2D eigenvalue weighted by Crippen LogP contribution is 2.47. The Morgan fingerprint density at radius 2 is 2.21 bits per heavy atom. The molecule has 0 aliphatic heterocycles. The third kappa shape index (κ3) is 3.04. The zero-order valence-corrected chi connectivity index (χ0v) is 13.6. The summed E-state index contributed by atoms with van der Waals surface area (Å²) in [5, 5.41) is 11.1. The number of pyridine rings is 1. The highest BCUT2D eigenvalue weighted by molar-refractivity contribution is 5.76. The van der Waals surface area contributed by atoms with Crippen LogP contribution in [-0.4, -0.2) is 20.5 Å². The molecule has 0 bridgehead atoms. The van der Waals surface area contributed by atoms with Gasteiger partial charge in [-0.25, -0.2) is 0 Å². The number of aromatic nitrogens is 3. The first-order chi connectivity index (χ1) is 11.7. The van der Waals surface area contributed by atoms with Gasteiger partial charge in [-0.3, -0.25) is 9.20 Å². The van der Waals surface area contributed by atoms with Gasteiger partial charge in [0.15, 0.2) is 11.5 Å². The van der Waals surface area contributed by atoms with E-state index in [0.29, 0.717) is 25.3 Å². The summed E-state index contributed by atoms with van der Waals surface area (Å²) in [5.41, 5.74) is 0.777. The van der Waals surface area contributed by atoms with Crippen LogP contribution in [0.15, 0.2) is 40.9 Å². The van der Waals surface area contributed by atoms with Gasteiger partial charge in [-0.05, 0) is 36.6 Å². The maximum absolute atomic E-state index is 12.0. The minimum atomic E-state index is -0.0135. The molecular formula is C18H20N4O2. The molecule has 0 spiro atoms. The Balaban J connectivity index is 1.28. The Labute approximate surface area is 139 Å². The molecule has 2 atom stereocenters. The predicted octanol–water partition coefficient (Wildman–Crippen LogP) is 2.69. The van der Waals surface area contributed by atoms with Gasteiger partial charge in [-0.2, -0.15) is 0 Å². The molecule has 6 nitrogen and oxygen atoms in total. The number of nitrogens with zero attached hydrogens (tertiary/aromatic N) is 3. The standard InChI is InChI=1S/C18H20N4O2/c1-12-10-14(12)15-7-5-13(24-15)6-8-18(23)19-11-17-21-20-16-4-2-3-9-22(16)17/h2-5,7,9,12,14H,6,8,10-11H2,1H3,(H,19,23)/t12-,14+/m0/s1. The maximum atomic E-state index is 12.0. The minimum absolute atomic E-state index is 0.0135. The predicted molar refractivity (Wildman–Crippen MR) is 88.4 cm³/mol. The molecule has 3 aromatic rings. The van der Waals surface area contributed by atoms with Gasteiger partial charge < -0.3 is 9.73 Å². The molecule has 1 N–H and O–H groups in total. The molecule has 24 heavy (non-hydrogen) atoms. The lowest BCUT2D eigenvalue weighted by Gasteiger charge is -2.03. The van der Waals surface area contributed by atoms with Gasteiger partial charge >= 0.3 is 0 Å². The molecule has 3 aromatic heterocycles. The van der Waals surface area contributed by atoms with Gasteiger partial charge in [0.1, 0.15) is 11.5 Å². The van der Waals surface area contributed by atoms with E-state index < -0.39 is 0 Å². The maximum Gasteiger partial charge on any atom is 0.220 e.